The Balaban J connectivity index is 0.00000364. The maximum absolute atomic E-state index is 12.5. The molecular weight excluding hydrogens is 386 g/mol. The van der Waals surface area contributed by atoms with Gasteiger partial charge in [-0.1, -0.05) is 26.0 Å². The van der Waals surface area contributed by atoms with E-state index >= 15 is 0 Å². The SMILES string of the molecule is CCN(CC)S(=O)(=O)c1ccc(CCC(=O)NC2CCNC(C)C2)cc1.Cl. The summed E-state index contributed by atoms with van der Waals surface area (Å²) < 4.78 is 26.4. The number of rotatable bonds is 8. The molecule has 0 spiro atoms. The van der Waals surface area contributed by atoms with E-state index in [4.69, 9.17) is 0 Å². The highest BCUT2D eigenvalue weighted by molar-refractivity contribution is 7.89. The van der Waals surface area contributed by atoms with Crippen LogP contribution >= 0.6 is 12.4 Å². The molecule has 154 valence electrons. The summed E-state index contributed by atoms with van der Waals surface area (Å²) in [5, 5.41) is 6.48. The molecule has 1 aliphatic rings. The Bertz CT molecular complexity index is 691. The van der Waals surface area contributed by atoms with Gasteiger partial charge in [-0.25, -0.2) is 8.42 Å². The van der Waals surface area contributed by atoms with E-state index in [9.17, 15) is 13.2 Å². The van der Waals surface area contributed by atoms with E-state index in [2.05, 4.69) is 17.6 Å². The average Bonchev–Trinajstić information content (AvgIpc) is 2.61. The van der Waals surface area contributed by atoms with Crippen molar-refractivity contribution < 1.29 is 13.2 Å². The van der Waals surface area contributed by atoms with Crippen LogP contribution in [0.2, 0.25) is 0 Å². The van der Waals surface area contributed by atoms with Gasteiger partial charge in [0.15, 0.2) is 0 Å². The van der Waals surface area contributed by atoms with Gasteiger partial charge in [-0.05, 0) is 50.4 Å². The number of carbonyl (C=O) groups is 1. The molecule has 0 aromatic heterocycles. The first-order valence-electron chi connectivity index (χ1n) is 9.48. The molecule has 2 N–H and O–H groups in total. The van der Waals surface area contributed by atoms with E-state index in [0.717, 1.165) is 24.9 Å². The Morgan fingerprint density at radius 3 is 2.41 bits per heavy atom. The van der Waals surface area contributed by atoms with E-state index in [-0.39, 0.29) is 24.4 Å². The highest BCUT2D eigenvalue weighted by Gasteiger charge is 2.22. The van der Waals surface area contributed by atoms with Crippen molar-refractivity contribution in [2.45, 2.75) is 63.4 Å². The van der Waals surface area contributed by atoms with Gasteiger partial charge in [0.1, 0.15) is 0 Å². The summed E-state index contributed by atoms with van der Waals surface area (Å²) in [5.41, 5.74) is 0.970. The zero-order chi connectivity index (χ0) is 19.2. The minimum Gasteiger partial charge on any atom is -0.353 e. The number of nitrogens with one attached hydrogen (secondary N) is 2. The Hall–Kier alpha value is -1.15. The highest BCUT2D eigenvalue weighted by atomic mass is 35.5. The number of sulfonamides is 1. The third kappa shape index (κ3) is 6.75. The van der Waals surface area contributed by atoms with Crippen molar-refractivity contribution in [2.75, 3.05) is 19.6 Å². The smallest absolute Gasteiger partial charge is 0.243 e. The Morgan fingerprint density at radius 2 is 1.85 bits per heavy atom. The predicted octanol–water partition coefficient (Wildman–Crippen LogP) is 2.33. The average molecular weight is 418 g/mol. The van der Waals surface area contributed by atoms with Gasteiger partial charge >= 0.3 is 0 Å². The molecule has 1 aromatic rings. The molecule has 0 radical (unpaired) electrons. The van der Waals surface area contributed by atoms with Crippen LogP contribution in [0.15, 0.2) is 29.2 Å². The van der Waals surface area contributed by atoms with Crippen LogP contribution in [0.5, 0.6) is 0 Å². The van der Waals surface area contributed by atoms with Gasteiger partial charge in [0, 0.05) is 31.6 Å². The largest absolute Gasteiger partial charge is 0.353 e. The number of benzene rings is 1. The van der Waals surface area contributed by atoms with Gasteiger partial charge < -0.3 is 10.6 Å². The third-order valence-electron chi connectivity index (χ3n) is 4.90. The molecule has 6 nitrogen and oxygen atoms in total. The fourth-order valence-electron chi connectivity index (χ4n) is 3.36. The molecule has 2 atom stereocenters. The van der Waals surface area contributed by atoms with E-state index < -0.39 is 10.0 Å². The standard InChI is InChI=1S/C19H31N3O3S.ClH/c1-4-22(5-2)26(24,25)18-9-6-16(7-10-18)8-11-19(23)21-17-12-13-20-15(3)14-17;/h6-7,9-10,15,17,20H,4-5,8,11-14H2,1-3H3,(H,21,23);1H. The number of aryl methyl sites for hydroxylation is 1. The highest BCUT2D eigenvalue weighted by Crippen LogP contribution is 2.17. The molecule has 0 saturated carbocycles. The van der Waals surface area contributed by atoms with Gasteiger partial charge in [0.25, 0.3) is 0 Å². The molecule has 8 heteroatoms. The van der Waals surface area contributed by atoms with Crippen LogP contribution in [-0.4, -0.2) is 50.3 Å². The number of carbonyl (C=O) groups excluding carboxylic acids is 1. The van der Waals surface area contributed by atoms with Crippen LogP contribution in [0.1, 0.15) is 45.6 Å². The number of hydrogen-bond acceptors (Lipinski definition) is 4. The minimum absolute atomic E-state index is 0. The lowest BCUT2D eigenvalue weighted by atomic mass is 10.0. The predicted molar refractivity (Wildman–Crippen MR) is 111 cm³/mol. The lowest BCUT2D eigenvalue weighted by Gasteiger charge is -2.28. The maximum atomic E-state index is 12.5. The molecule has 1 amide bonds. The molecule has 1 heterocycles. The first kappa shape index (κ1) is 23.9. The quantitative estimate of drug-likeness (QED) is 0.680. The number of nitrogens with zero attached hydrogens (tertiary/aromatic N) is 1. The van der Waals surface area contributed by atoms with Crippen LogP contribution in [0, 0.1) is 0 Å². The van der Waals surface area contributed by atoms with E-state index in [1.165, 1.54) is 4.31 Å². The Morgan fingerprint density at radius 1 is 1.22 bits per heavy atom. The maximum Gasteiger partial charge on any atom is 0.243 e. The van der Waals surface area contributed by atoms with Crippen LogP contribution in [0.4, 0.5) is 0 Å². The van der Waals surface area contributed by atoms with Crippen molar-refractivity contribution >= 4 is 28.3 Å². The van der Waals surface area contributed by atoms with E-state index in [1.54, 1.807) is 24.3 Å². The Kier molecular flexibility index (Phi) is 9.73. The van der Waals surface area contributed by atoms with Crippen molar-refractivity contribution in [3.63, 3.8) is 0 Å². The molecule has 0 aliphatic carbocycles. The fraction of sp³-hybridized carbons (Fsp3) is 0.632. The van der Waals surface area contributed by atoms with E-state index in [0.29, 0.717) is 36.9 Å². The topological polar surface area (TPSA) is 78.5 Å². The van der Waals surface area contributed by atoms with Crippen molar-refractivity contribution in [1.29, 1.82) is 0 Å². The Labute approximate surface area is 169 Å². The first-order valence-corrected chi connectivity index (χ1v) is 10.9. The second-order valence-corrected chi connectivity index (χ2v) is 8.82. The molecule has 2 unspecified atom stereocenters. The summed E-state index contributed by atoms with van der Waals surface area (Å²) in [7, 11) is -3.43. The third-order valence-corrected chi connectivity index (χ3v) is 6.96. The van der Waals surface area contributed by atoms with Crippen molar-refractivity contribution in [2.24, 2.45) is 0 Å². The van der Waals surface area contributed by atoms with Crippen molar-refractivity contribution in [1.82, 2.24) is 14.9 Å². The summed E-state index contributed by atoms with van der Waals surface area (Å²) in [6, 6.07) is 7.56. The van der Waals surface area contributed by atoms with Gasteiger partial charge in [-0.15, -0.1) is 12.4 Å². The summed E-state index contributed by atoms with van der Waals surface area (Å²) in [6.07, 6.45) is 2.95. The normalized spacial score (nSPS) is 20.1. The zero-order valence-electron chi connectivity index (χ0n) is 16.4. The summed E-state index contributed by atoms with van der Waals surface area (Å²) in [6.45, 7) is 7.64. The van der Waals surface area contributed by atoms with Crippen LogP contribution in [0.25, 0.3) is 0 Å². The van der Waals surface area contributed by atoms with Gasteiger partial charge in [-0.2, -0.15) is 4.31 Å². The molecule has 1 fully saturated rings. The summed E-state index contributed by atoms with van der Waals surface area (Å²) in [5.74, 6) is 0.0592. The molecular formula is C19H32ClN3O3S. The molecule has 2 rings (SSSR count). The monoisotopic (exact) mass is 417 g/mol. The second-order valence-electron chi connectivity index (χ2n) is 6.88. The molecule has 1 aromatic carbocycles. The molecule has 1 aliphatic heterocycles. The molecule has 0 bridgehead atoms. The number of halogens is 1. The lowest BCUT2D eigenvalue weighted by molar-refractivity contribution is -0.122. The fourth-order valence-corrected chi connectivity index (χ4v) is 4.82. The van der Waals surface area contributed by atoms with Crippen molar-refractivity contribution in [3.05, 3.63) is 29.8 Å². The second kappa shape index (κ2) is 11.0. The van der Waals surface area contributed by atoms with Gasteiger partial charge in [0.05, 0.1) is 4.90 Å². The summed E-state index contributed by atoms with van der Waals surface area (Å²) >= 11 is 0. The number of piperidine rings is 1. The summed E-state index contributed by atoms with van der Waals surface area (Å²) in [4.78, 5) is 12.5. The van der Waals surface area contributed by atoms with Crippen molar-refractivity contribution in [3.8, 4) is 0 Å². The molecule has 27 heavy (non-hydrogen) atoms. The van der Waals surface area contributed by atoms with Gasteiger partial charge in [-0.3, -0.25) is 4.79 Å². The lowest BCUT2D eigenvalue weighted by Crippen LogP contribution is -2.46. The zero-order valence-corrected chi connectivity index (χ0v) is 18.0. The molecule has 1 saturated heterocycles. The number of hydrogen-bond donors (Lipinski definition) is 2. The van der Waals surface area contributed by atoms with Crippen LogP contribution in [0.3, 0.4) is 0 Å². The number of amides is 1. The minimum atomic E-state index is -3.43. The van der Waals surface area contributed by atoms with Crippen LogP contribution in [-0.2, 0) is 21.2 Å². The van der Waals surface area contributed by atoms with Crippen LogP contribution < -0.4 is 10.6 Å². The van der Waals surface area contributed by atoms with Gasteiger partial charge in [0.2, 0.25) is 15.9 Å². The van der Waals surface area contributed by atoms with E-state index in [1.807, 2.05) is 13.8 Å². The first-order chi connectivity index (χ1) is 12.4.